The second-order valence-corrected chi connectivity index (χ2v) is 5.45. The Bertz CT molecular complexity index is 795. The van der Waals surface area contributed by atoms with Crippen LogP contribution < -0.4 is 15.4 Å². The lowest BCUT2D eigenvalue weighted by molar-refractivity contribution is -0.114. The van der Waals surface area contributed by atoms with Crippen LogP contribution in [-0.4, -0.2) is 32.3 Å². The average molecular weight is 321 g/mol. The number of nitrogens with two attached hydrogens (primary N) is 1. The van der Waals surface area contributed by atoms with E-state index in [1.807, 2.05) is 36.4 Å². The number of hydrogen-bond donors (Lipinski definition) is 1. The minimum atomic E-state index is -0.0812. The molecular weight excluding hydrogens is 302 g/mol. The van der Waals surface area contributed by atoms with Gasteiger partial charge in [0.15, 0.2) is 0 Å². The topological polar surface area (TPSA) is 67.9 Å². The van der Waals surface area contributed by atoms with E-state index < -0.39 is 0 Å². The van der Waals surface area contributed by atoms with E-state index in [0.717, 1.165) is 22.6 Å². The van der Waals surface area contributed by atoms with Crippen molar-refractivity contribution < 1.29 is 9.53 Å². The van der Waals surface area contributed by atoms with Gasteiger partial charge in [-0.25, -0.2) is 0 Å². The molecule has 24 heavy (non-hydrogen) atoms. The Balaban J connectivity index is 1.81. The quantitative estimate of drug-likeness (QED) is 0.698. The number of anilines is 2. The van der Waals surface area contributed by atoms with Gasteiger partial charge in [0, 0.05) is 30.1 Å². The summed E-state index contributed by atoms with van der Waals surface area (Å²) in [4.78, 5) is 18.7. The SMILES string of the molecule is COc1ccc(/C=C/C(=O)N2CCN=Cc3cc(N)ccc32)cc1. The number of hydrogen-bond acceptors (Lipinski definition) is 4. The minimum absolute atomic E-state index is 0.0812. The molecule has 0 aromatic heterocycles. The van der Waals surface area contributed by atoms with E-state index >= 15 is 0 Å². The van der Waals surface area contributed by atoms with Crippen LogP contribution in [0.2, 0.25) is 0 Å². The maximum atomic E-state index is 12.6. The van der Waals surface area contributed by atoms with Gasteiger partial charge >= 0.3 is 0 Å². The van der Waals surface area contributed by atoms with Crippen molar-refractivity contribution in [2.24, 2.45) is 4.99 Å². The van der Waals surface area contributed by atoms with Gasteiger partial charge in [0.05, 0.1) is 19.3 Å². The number of benzodiazepines with no additional fused rings is 1. The van der Waals surface area contributed by atoms with E-state index in [-0.39, 0.29) is 5.91 Å². The first-order valence-electron chi connectivity index (χ1n) is 7.70. The molecule has 1 amide bonds. The number of carbonyl (C=O) groups excluding carboxylic acids is 1. The van der Waals surface area contributed by atoms with E-state index in [0.29, 0.717) is 18.8 Å². The molecule has 0 saturated carbocycles. The van der Waals surface area contributed by atoms with E-state index in [1.54, 1.807) is 36.4 Å². The molecular formula is C19H19N3O2. The van der Waals surface area contributed by atoms with Crippen LogP contribution in [0, 0.1) is 0 Å². The van der Waals surface area contributed by atoms with Crippen molar-refractivity contribution in [1.29, 1.82) is 0 Å². The molecule has 122 valence electrons. The predicted octanol–water partition coefficient (Wildman–Crippen LogP) is 2.76. The summed E-state index contributed by atoms with van der Waals surface area (Å²) in [6.07, 6.45) is 5.14. The Hall–Kier alpha value is -3.08. The molecule has 1 heterocycles. The lowest BCUT2D eigenvalue weighted by atomic mass is 10.1. The highest BCUT2D eigenvalue weighted by Crippen LogP contribution is 2.24. The Labute approximate surface area is 141 Å². The molecule has 1 aliphatic heterocycles. The molecule has 0 spiro atoms. The number of amides is 1. The number of aliphatic imine (C=N–C) groups is 1. The fraction of sp³-hybridized carbons (Fsp3) is 0.158. The van der Waals surface area contributed by atoms with Crippen molar-refractivity contribution in [2.75, 3.05) is 30.8 Å². The number of fused-ring (bicyclic) bond motifs is 1. The number of nitrogen functional groups attached to an aromatic ring is 1. The summed E-state index contributed by atoms with van der Waals surface area (Å²) in [7, 11) is 1.62. The molecule has 2 aromatic carbocycles. The summed E-state index contributed by atoms with van der Waals surface area (Å²) in [5.74, 6) is 0.706. The van der Waals surface area contributed by atoms with Crippen molar-refractivity contribution in [1.82, 2.24) is 0 Å². The van der Waals surface area contributed by atoms with Gasteiger partial charge < -0.3 is 15.4 Å². The maximum Gasteiger partial charge on any atom is 0.251 e. The van der Waals surface area contributed by atoms with Crippen molar-refractivity contribution >= 4 is 29.6 Å². The van der Waals surface area contributed by atoms with Gasteiger partial charge in [-0.3, -0.25) is 9.79 Å². The maximum absolute atomic E-state index is 12.6. The highest BCUT2D eigenvalue weighted by molar-refractivity contribution is 6.07. The molecule has 0 atom stereocenters. The smallest absolute Gasteiger partial charge is 0.251 e. The zero-order valence-corrected chi connectivity index (χ0v) is 13.5. The number of ether oxygens (including phenoxy) is 1. The van der Waals surface area contributed by atoms with Gasteiger partial charge in [0.2, 0.25) is 0 Å². The van der Waals surface area contributed by atoms with Gasteiger partial charge in [-0.05, 0) is 42.0 Å². The highest BCUT2D eigenvalue weighted by atomic mass is 16.5. The summed E-state index contributed by atoms with van der Waals surface area (Å²) in [6.45, 7) is 1.11. The van der Waals surface area contributed by atoms with Crippen LogP contribution in [0.5, 0.6) is 5.75 Å². The summed E-state index contributed by atoms with van der Waals surface area (Å²) in [5, 5.41) is 0. The van der Waals surface area contributed by atoms with Crippen LogP contribution >= 0.6 is 0 Å². The molecule has 0 fully saturated rings. The monoisotopic (exact) mass is 321 g/mol. The lowest BCUT2D eigenvalue weighted by Gasteiger charge is -2.21. The summed E-state index contributed by atoms with van der Waals surface area (Å²) in [6, 6.07) is 13.0. The van der Waals surface area contributed by atoms with Crippen molar-refractivity contribution in [3.63, 3.8) is 0 Å². The number of rotatable bonds is 3. The van der Waals surface area contributed by atoms with Crippen molar-refractivity contribution in [3.05, 3.63) is 59.7 Å². The van der Waals surface area contributed by atoms with Crippen LogP contribution in [0.4, 0.5) is 11.4 Å². The molecule has 1 aliphatic rings. The molecule has 0 aliphatic carbocycles. The molecule has 3 rings (SSSR count). The Morgan fingerprint density at radius 3 is 2.79 bits per heavy atom. The van der Waals surface area contributed by atoms with Gasteiger partial charge in [-0.2, -0.15) is 0 Å². The van der Waals surface area contributed by atoms with E-state index in [4.69, 9.17) is 10.5 Å². The van der Waals surface area contributed by atoms with E-state index in [9.17, 15) is 4.79 Å². The van der Waals surface area contributed by atoms with Gasteiger partial charge in [0.25, 0.3) is 5.91 Å². The second kappa shape index (κ2) is 7.00. The highest BCUT2D eigenvalue weighted by Gasteiger charge is 2.17. The van der Waals surface area contributed by atoms with Crippen LogP contribution in [0.15, 0.2) is 53.5 Å². The molecule has 5 heteroatoms. The Morgan fingerprint density at radius 1 is 1.25 bits per heavy atom. The minimum Gasteiger partial charge on any atom is -0.497 e. The zero-order chi connectivity index (χ0) is 16.9. The van der Waals surface area contributed by atoms with Crippen LogP contribution in [0.25, 0.3) is 6.08 Å². The Morgan fingerprint density at radius 2 is 2.04 bits per heavy atom. The summed E-state index contributed by atoms with van der Waals surface area (Å²) < 4.78 is 5.13. The summed E-state index contributed by atoms with van der Waals surface area (Å²) in [5.41, 5.74) is 9.11. The molecule has 0 radical (unpaired) electrons. The normalized spacial score (nSPS) is 13.6. The fourth-order valence-electron chi connectivity index (χ4n) is 2.56. The predicted molar refractivity (Wildman–Crippen MR) is 97.7 cm³/mol. The Kier molecular flexibility index (Phi) is 4.61. The van der Waals surface area contributed by atoms with Gasteiger partial charge in [-0.15, -0.1) is 0 Å². The third-order valence-corrected chi connectivity index (χ3v) is 3.83. The molecule has 2 N–H and O–H groups in total. The second-order valence-electron chi connectivity index (χ2n) is 5.45. The lowest BCUT2D eigenvalue weighted by Crippen LogP contribution is -2.31. The fourth-order valence-corrected chi connectivity index (χ4v) is 2.56. The first kappa shape index (κ1) is 15.8. The molecule has 0 saturated heterocycles. The third kappa shape index (κ3) is 3.46. The first-order valence-corrected chi connectivity index (χ1v) is 7.70. The number of nitrogens with zero attached hydrogens (tertiary/aromatic N) is 2. The number of carbonyl (C=O) groups is 1. The number of methoxy groups -OCH3 is 1. The van der Waals surface area contributed by atoms with Gasteiger partial charge in [0.1, 0.15) is 5.75 Å². The molecule has 2 aromatic rings. The largest absolute Gasteiger partial charge is 0.497 e. The molecule has 0 bridgehead atoms. The first-order chi connectivity index (χ1) is 11.7. The molecule has 0 unspecified atom stereocenters. The number of benzene rings is 2. The van der Waals surface area contributed by atoms with E-state index in [2.05, 4.69) is 4.99 Å². The summed E-state index contributed by atoms with van der Waals surface area (Å²) >= 11 is 0. The zero-order valence-electron chi connectivity index (χ0n) is 13.5. The average Bonchev–Trinajstić information content (AvgIpc) is 2.82. The van der Waals surface area contributed by atoms with Crippen molar-refractivity contribution in [3.8, 4) is 5.75 Å². The third-order valence-electron chi connectivity index (χ3n) is 3.83. The van der Waals surface area contributed by atoms with Crippen molar-refractivity contribution in [2.45, 2.75) is 0 Å². The standard InChI is InChI=1S/C19H19N3O2/c1-24-17-6-2-14(3-7-17)4-9-19(23)22-11-10-21-13-15-12-16(20)5-8-18(15)22/h2-9,12-13H,10-11,20H2,1H3/b9-4+. The van der Waals surface area contributed by atoms with Crippen LogP contribution in [0.3, 0.4) is 0 Å². The van der Waals surface area contributed by atoms with Crippen LogP contribution in [0.1, 0.15) is 11.1 Å². The molecule has 5 nitrogen and oxygen atoms in total. The van der Waals surface area contributed by atoms with Gasteiger partial charge in [-0.1, -0.05) is 12.1 Å². The van der Waals surface area contributed by atoms with E-state index in [1.165, 1.54) is 0 Å². The van der Waals surface area contributed by atoms with Crippen LogP contribution in [-0.2, 0) is 4.79 Å².